The number of hydrogen-bond donors (Lipinski definition) is 2. The van der Waals surface area contributed by atoms with Gasteiger partial charge in [0, 0.05) is 29.5 Å². The molecule has 0 amide bonds. The van der Waals surface area contributed by atoms with E-state index in [9.17, 15) is 5.11 Å². The van der Waals surface area contributed by atoms with Gasteiger partial charge in [-0.3, -0.25) is 5.01 Å². The van der Waals surface area contributed by atoms with Gasteiger partial charge in [-0.1, -0.05) is 0 Å². The highest BCUT2D eigenvalue weighted by Crippen LogP contribution is 2.34. The number of ether oxygens (including phenoxy) is 2. The van der Waals surface area contributed by atoms with Crippen LogP contribution in [0.15, 0.2) is 33.6 Å². The number of halogens is 1. The lowest BCUT2D eigenvalue weighted by atomic mass is 10.0. The zero-order valence-corrected chi connectivity index (χ0v) is 13.6. The molecular weight excluding hydrogens is 324 g/mol. The fourth-order valence-electron chi connectivity index (χ4n) is 2.54. The smallest absolute Gasteiger partial charge is 0.178 e. The molecule has 20 heavy (non-hydrogen) atoms. The molecule has 112 valence electrons. The van der Waals surface area contributed by atoms with Crippen molar-refractivity contribution in [2.75, 3.05) is 19.8 Å². The second kappa shape index (κ2) is 6.87. The Labute approximate surface area is 128 Å². The highest BCUT2D eigenvalue weighted by molar-refractivity contribution is 9.11. The van der Waals surface area contributed by atoms with E-state index in [0.717, 1.165) is 21.3 Å². The molecule has 1 atom stereocenters. The van der Waals surface area contributed by atoms with Crippen molar-refractivity contribution in [2.45, 2.75) is 33.1 Å². The van der Waals surface area contributed by atoms with Crippen molar-refractivity contribution in [2.24, 2.45) is 0 Å². The summed E-state index contributed by atoms with van der Waals surface area (Å²) in [4.78, 5) is 0. The topological polar surface area (TPSA) is 54.0 Å². The Bertz CT molecular complexity index is 453. The van der Waals surface area contributed by atoms with Crippen LogP contribution in [0.4, 0.5) is 0 Å². The van der Waals surface area contributed by atoms with E-state index in [-0.39, 0.29) is 12.6 Å². The van der Waals surface area contributed by atoms with Gasteiger partial charge >= 0.3 is 0 Å². The van der Waals surface area contributed by atoms with Crippen LogP contribution in [-0.2, 0) is 9.47 Å². The molecule has 2 rings (SSSR count). The van der Waals surface area contributed by atoms with Crippen molar-refractivity contribution < 1.29 is 14.6 Å². The van der Waals surface area contributed by atoms with Gasteiger partial charge in [-0.05, 0) is 48.4 Å². The third-order valence-electron chi connectivity index (χ3n) is 3.28. The number of nitrogens with zero attached hydrogens (tertiary/aromatic N) is 1. The molecule has 0 spiro atoms. The van der Waals surface area contributed by atoms with Crippen LogP contribution in [-0.4, -0.2) is 42.3 Å². The van der Waals surface area contributed by atoms with Crippen LogP contribution >= 0.6 is 15.9 Å². The lowest BCUT2D eigenvalue weighted by Gasteiger charge is -2.27. The lowest BCUT2D eigenvalue weighted by molar-refractivity contribution is -0.150. The summed E-state index contributed by atoms with van der Waals surface area (Å²) in [5.41, 5.74) is 6.30. The molecule has 2 heterocycles. The second-order valence-corrected chi connectivity index (χ2v) is 5.54. The first-order valence-corrected chi connectivity index (χ1v) is 7.60. The zero-order chi connectivity index (χ0) is 14.7. The molecule has 0 aromatic rings. The number of aliphatic hydroxyl groups excluding tert-OH is 1. The Morgan fingerprint density at radius 1 is 1.40 bits per heavy atom. The molecule has 2 aliphatic rings. The van der Waals surface area contributed by atoms with Crippen LogP contribution in [0, 0.1) is 0 Å². The fourth-order valence-corrected chi connectivity index (χ4v) is 3.09. The summed E-state index contributed by atoms with van der Waals surface area (Å²) in [5.74, 6) is 0. The van der Waals surface area contributed by atoms with Crippen LogP contribution in [0.2, 0.25) is 0 Å². The normalized spacial score (nSPS) is 22.3. The van der Waals surface area contributed by atoms with Gasteiger partial charge in [-0.2, -0.15) is 0 Å². The average Bonchev–Trinajstić information content (AvgIpc) is 2.76. The van der Waals surface area contributed by atoms with Gasteiger partial charge < -0.3 is 14.6 Å². The number of fused-ring (bicyclic) bond motifs is 1. The van der Waals surface area contributed by atoms with Crippen LogP contribution in [0.1, 0.15) is 20.8 Å². The van der Waals surface area contributed by atoms with Crippen molar-refractivity contribution in [3.05, 3.63) is 33.6 Å². The number of rotatable bonds is 6. The lowest BCUT2D eigenvalue weighted by Crippen LogP contribution is -2.45. The Hall–Kier alpha value is -0.660. The monoisotopic (exact) mass is 344 g/mol. The molecule has 6 heteroatoms. The van der Waals surface area contributed by atoms with Gasteiger partial charge in [-0.15, -0.1) is 0 Å². The maximum absolute atomic E-state index is 9.75. The summed E-state index contributed by atoms with van der Waals surface area (Å²) in [7, 11) is 0. The molecule has 2 N–H and O–H groups in total. The molecule has 0 aromatic carbocycles. The molecule has 5 nitrogen and oxygen atoms in total. The standard InChI is InChI=1S/C14H21BrN2O3/c1-4-19-14(20-5-2)12-11(8-18)13-9(3)6-10(15)7-17(13)16-12/h6-7,12,14,16,18H,4-5,8H2,1-3H3. The van der Waals surface area contributed by atoms with Crippen molar-refractivity contribution in [3.63, 3.8) is 0 Å². The predicted octanol–water partition coefficient (Wildman–Crippen LogP) is 2.02. The first-order chi connectivity index (χ1) is 9.62. The summed E-state index contributed by atoms with van der Waals surface area (Å²) in [6, 6.07) is -0.187. The van der Waals surface area contributed by atoms with Crippen LogP contribution in [0.5, 0.6) is 0 Å². The minimum absolute atomic E-state index is 0.0310. The molecule has 0 aliphatic carbocycles. The van der Waals surface area contributed by atoms with E-state index in [4.69, 9.17) is 9.47 Å². The van der Waals surface area contributed by atoms with Crippen molar-refractivity contribution in [1.29, 1.82) is 0 Å². The number of allylic oxidation sites excluding steroid dienone is 3. The van der Waals surface area contributed by atoms with Gasteiger partial charge in [0.2, 0.25) is 0 Å². The molecule has 1 unspecified atom stereocenters. The van der Waals surface area contributed by atoms with E-state index in [1.165, 1.54) is 0 Å². The van der Waals surface area contributed by atoms with E-state index in [2.05, 4.69) is 21.4 Å². The van der Waals surface area contributed by atoms with Crippen LogP contribution in [0.25, 0.3) is 0 Å². The molecule has 2 aliphatic heterocycles. The van der Waals surface area contributed by atoms with Crippen molar-refractivity contribution in [1.82, 2.24) is 10.4 Å². The highest BCUT2D eigenvalue weighted by atomic mass is 79.9. The van der Waals surface area contributed by atoms with Crippen molar-refractivity contribution in [3.8, 4) is 0 Å². The maximum Gasteiger partial charge on any atom is 0.178 e. The van der Waals surface area contributed by atoms with Crippen molar-refractivity contribution >= 4 is 15.9 Å². The van der Waals surface area contributed by atoms with Gasteiger partial charge in [0.05, 0.1) is 12.3 Å². The largest absolute Gasteiger partial charge is 0.392 e. The van der Waals surface area contributed by atoms with Gasteiger partial charge in [-0.25, -0.2) is 5.43 Å². The van der Waals surface area contributed by atoms with Gasteiger partial charge in [0.25, 0.3) is 0 Å². The summed E-state index contributed by atoms with van der Waals surface area (Å²) < 4.78 is 12.3. The Kier molecular flexibility index (Phi) is 5.40. The molecule has 0 aromatic heterocycles. The van der Waals surface area contributed by atoms with E-state index >= 15 is 0 Å². The maximum atomic E-state index is 9.75. The molecule has 0 radical (unpaired) electrons. The Morgan fingerprint density at radius 3 is 2.60 bits per heavy atom. The molecule has 0 saturated carbocycles. The van der Waals surface area contributed by atoms with E-state index < -0.39 is 6.29 Å². The third kappa shape index (κ3) is 2.99. The number of hydrogen-bond acceptors (Lipinski definition) is 5. The quantitative estimate of drug-likeness (QED) is 0.722. The number of aliphatic hydroxyl groups is 1. The Morgan fingerprint density at radius 2 is 2.05 bits per heavy atom. The van der Waals surface area contributed by atoms with Gasteiger partial charge in [0.1, 0.15) is 6.04 Å². The summed E-state index contributed by atoms with van der Waals surface area (Å²) >= 11 is 3.48. The first-order valence-electron chi connectivity index (χ1n) is 6.80. The van der Waals surface area contributed by atoms with Crippen LogP contribution < -0.4 is 5.43 Å². The van der Waals surface area contributed by atoms with E-state index in [1.54, 1.807) is 0 Å². The zero-order valence-electron chi connectivity index (χ0n) is 12.0. The predicted molar refractivity (Wildman–Crippen MR) is 80.7 cm³/mol. The Balaban J connectivity index is 2.31. The molecule has 0 bridgehead atoms. The summed E-state index contributed by atoms with van der Waals surface area (Å²) in [6.07, 6.45) is 3.56. The molecule has 0 saturated heterocycles. The molecule has 0 fully saturated rings. The minimum atomic E-state index is -0.412. The second-order valence-electron chi connectivity index (χ2n) is 4.63. The average molecular weight is 345 g/mol. The van der Waals surface area contributed by atoms with Crippen LogP contribution in [0.3, 0.4) is 0 Å². The summed E-state index contributed by atoms with van der Waals surface area (Å²) in [5, 5.41) is 11.7. The number of nitrogens with one attached hydrogen (secondary N) is 1. The highest BCUT2D eigenvalue weighted by Gasteiger charge is 2.37. The van der Waals surface area contributed by atoms with Gasteiger partial charge in [0.15, 0.2) is 6.29 Å². The third-order valence-corrected chi connectivity index (χ3v) is 3.72. The van der Waals surface area contributed by atoms with E-state index in [0.29, 0.717) is 13.2 Å². The van der Waals surface area contributed by atoms with E-state index in [1.807, 2.05) is 38.1 Å². The SMILES string of the molecule is CCOC(OCC)C1NN2C=C(Br)C=C(C)C2=C1CO. The summed E-state index contributed by atoms with van der Waals surface area (Å²) in [6.45, 7) is 6.98. The first kappa shape index (κ1) is 15.7. The number of hydrazine groups is 1. The minimum Gasteiger partial charge on any atom is -0.392 e. The molecular formula is C14H21BrN2O3. The fraction of sp³-hybridized carbons (Fsp3) is 0.571.